The van der Waals surface area contributed by atoms with Gasteiger partial charge in [-0.05, 0) is 39.8 Å². The summed E-state index contributed by atoms with van der Waals surface area (Å²) in [5, 5.41) is 19.4. The fraction of sp³-hybridized carbons (Fsp3) is 1.00. The van der Waals surface area contributed by atoms with Crippen LogP contribution >= 0.6 is 0 Å². The minimum absolute atomic E-state index is 0.342. The number of rotatable bonds is 19. The maximum Gasteiger partial charge on any atom is 0.0639 e. The van der Waals surface area contributed by atoms with Gasteiger partial charge >= 0.3 is 0 Å². The molecule has 2 atom stereocenters. The van der Waals surface area contributed by atoms with Gasteiger partial charge in [0.25, 0.3) is 0 Å². The highest BCUT2D eigenvalue weighted by molar-refractivity contribution is 4.68. The quantitative estimate of drug-likeness (QED) is 0.332. The van der Waals surface area contributed by atoms with Crippen LogP contribution in [-0.4, -0.2) is 71.5 Å². The van der Waals surface area contributed by atoms with Crippen LogP contribution < -0.4 is 0 Å². The van der Waals surface area contributed by atoms with Crippen LogP contribution in [0.15, 0.2) is 0 Å². The van der Waals surface area contributed by atoms with Crippen LogP contribution in [0.4, 0.5) is 0 Å². The van der Waals surface area contributed by atoms with E-state index in [1.54, 1.807) is 0 Å². The first-order valence-corrected chi connectivity index (χ1v) is 11.3. The second-order valence-electron chi connectivity index (χ2n) is 8.13. The molecule has 0 saturated heterocycles. The lowest BCUT2D eigenvalue weighted by molar-refractivity contribution is 0.0757. The highest BCUT2D eigenvalue weighted by Gasteiger charge is 2.13. The summed E-state index contributed by atoms with van der Waals surface area (Å²) in [5.74, 6) is 0. The molecule has 4 nitrogen and oxygen atoms in total. The van der Waals surface area contributed by atoms with Gasteiger partial charge in [0.15, 0.2) is 0 Å². The summed E-state index contributed by atoms with van der Waals surface area (Å²) in [6, 6.07) is 0. The van der Waals surface area contributed by atoms with E-state index in [1.807, 2.05) is 13.8 Å². The van der Waals surface area contributed by atoms with Gasteiger partial charge in [-0.15, -0.1) is 0 Å². The molecular formula is C22H48N2O2. The van der Waals surface area contributed by atoms with Gasteiger partial charge in [0, 0.05) is 26.2 Å². The van der Waals surface area contributed by atoms with E-state index in [0.29, 0.717) is 13.1 Å². The Balaban J connectivity index is 4.30. The summed E-state index contributed by atoms with van der Waals surface area (Å²) in [6.07, 6.45) is 12.6. The Morgan fingerprint density at radius 3 is 1.31 bits per heavy atom. The minimum Gasteiger partial charge on any atom is -0.392 e. The Morgan fingerprint density at radius 1 is 0.538 bits per heavy atom. The molecular weight excluding hydrogens is 324 g/mol. The second kappa shape index (κ2) is 18.2. The van der Waals surface area contributed by atoms with E-state index in [9.17, 15) is 10.2 Å². The van der Waals surface area contributed by atoms with Crippen molar-refractivity contribution in [3.63, 3.8) is 0 Å². The van der Waals surface area contributed by atoms with Gasteiger partial charge in [0.2, 0.25) is 0 Å². The van der Waals surface area contributed by atoms with Crippen LogP contribution in [0.5, 0.6) is 0 Å². The van der Waals surface area contributed by atoms with E-state index in [2.05, 4.69) is 23.6 Å². The molecule has 0 aromatic rings. The van der Waals surface area contributed by atoms with E-state index in [1.165, 1.54) is 77.3 Å². The third kappa shape index (κ3) is 17.3. The zero-order chi connectivity index (χ0) is 19.6. The molecule has 0 aliphatic heterocycles. The molecule has 0 bridgehead atoms. The van der Waals surface area contributed by atoms with Crippen molar-refractivity contribution in [2.75, 3.05) is 39.3 Å². The smallest absolute Gasteiger partial charge is 0.0639 e. The van der Waals surface area contributed by atoms with Gasteiger partial charge in [0.05, 0.1) is 12.2 Å². The number of aliphatic hydroxyl groups excluding tert-OH is 2. The lowest BCUT2D eigenvalue weighted by atomic mass is 10.1. The van der Waals surface area contributed by atoms with E-state index < -0.39 is 0 Å². The van der Waals surface area contributed by atoms with Crippen molar-refractivity contribution < 1.29 is 10.2 Å². The molecule has 0 heterocycles. The maximum absolute atomic E-state index is 9.71. The van der Waals surface area contributed by atoms with Crippen LogP contribution in [0.2, 0.25) is 0 Å². The predicted octanol–water partition coefficient (Wildman–Crippen LogP) is 4.29. The first kappa shape index (κ1) is 25.8. The molecule has 0 rings (SSSR count). The maximum atomic E-state index is 9.71. The zero-order valence-corrected chi connectivity index (χ0v) is 18.3. The highest BCUT2D eigenvalue weighted by Crippen LogP contribution is 2.08. The van der Waals surface area contributed by atoms with E-state index in [0.717, 1.165) is 13.1 Å². The van der Waals surface area contributed by atoms with Crippen molar-refractivity contribution in [1.82, 2.24) is 9.80 Å². The molecule has 0 amide bonds. The molecule has 0 aromatic carbocycles. The highest BCUT2D eigenvalue weighted by atomic mass is 16.3. The Kier molecular flexibility index (Phi) is 18.1. The monoisotopic (exact) mass is 372 g/mol. The SMILES string of the molecule is CCCCCCCN(CCCCCCC)CCN(CC(C)O)CC(C)O. The number of hydrogen-bond donors (Lipinski definition) is 2. The lowest BCUT2D eigenvalue weighted by Crippen LogP contribution is -2.42. The molecule has 0 fully saturated rings. The van der Waals surface area contributed by atoms with Crippen molar-refractivity contribution in [3.05, 3.63) is 0 Å². The summed E-state index contributed by atoms with van der Waals surface area (Å²) in [7, 11) is 0. The van der Waals surface area contributed by atoms with Crippen molar-refractivity contribution in [3.8, 4) is 0 Å². The minimum atomic E-state index is -0.342. The van der Waals surface area contributed by atoms with E-state index >= 15 is 0 Å². The number of unbranched alkanes of at least 4 members (excludes halogenated alkanes) is 8. The first-order valence-electron chi connectivity index (χ1n) is 11.3. The Hall–Kier alpha value is -0.160. The molecule has 0 aliphatic carbocycles. The summed E-state index contributed by atoms with van der Waals surface area (Å²) < 4.78 is 0. The van der Waals surface area contributed by atoms with E-state index in [-0.39, 0.29) is 12.2 Å². The number of hydrogen-bond acceptors (Lipinski definition) is 4. The molecule has 0 saturated carbocycles. The Bertz CT molecular complexity index is 261. The molecule has 0 spiro atoms. The van der Waals surface area contributed by atoms with Crippen molar-refractivity contribution in [1.29, 1.82) is 0 Å². The molecule has 0 radical (unpaired) electrons. The summed E-state index contributed by atoms with van der Waals surface area (Å²) >= 11 is 0. The van der Waals surface area contributed by atoms with Gasteiger partial charge < -0.3 is 15.1 Å². The average Bonchev–Trinajstić information content (AvgIpc) is 2.57. The van der Waals surface area contributed by atoms with Crippen LogP contribution in [0.3, 0.4) is 0 Å². The Morgan fingerprint density at radius 2 is 0.923 bits per heavy atom. The van der Waals surface area contributed by atoms with Gasteiger partial charge in [-0.2, -0.15) is 0 Å². The first-order chi connectivity index (χ1) is 12.5. The molecule has 26 heavy (non-hydrogen) atoms. The third-order valence-corrected chi connectivity index (χ3v) is 4.93. The van der Waals surface area contributed by atoms with Crippen molar-refractivity contribution >= 4 is 0 Å². The van der Waals surface area contributed by atoms with Crippen molar-refractivity contribution in [2.45, 2.75) is 104 Å². The Labute approximate surface area is 164 Å². The van der Waals surface area contributed by atoms with Crippen molar-refractivity contribution in [2.24, 2.45) is 0 Å². The second-order valence-corrected chi connectivity index (χ2v) is 8.13. The van der Waals surface area contributed by atoms with Crippen LogP contribution in [-0.2, 0) is 0 Å². The predicted molar refractivity (Wildman–Crippen MR) is 114 cm³/mol. The fourth-order valence-corrected chi connectivity index (χ4v) is 3.50. The molecule has 0 aromatic heterocycles. The van der Waals surface area contributed by atoms with Gasteiger partial charge in [0.1, 0.15) is 0 Å². The van der Waals surface area contributed by atoms with Gasteiger partial charge in [-0.3, -0.25) is 4.90 Å². The molecule has 2 unspecified atom stereocenters. The normalized spacial score (nSPS) is 14.3. The topological polar surface area (TPSA) is 46.9 Å². The van der Waals surface area contributed by atoms with Gasteiger partial charge in [-0.25, -0.2) is 0 Å². The molecule has 2 N–H and O–H groups in total. The summed E-state index contributed by atoms with van der Waals surface area (Å²) in [5.41, 5.74) is 0. The standard InChI is InChI=1S/C22H48N2O2/c1-5-7-9-11-13-15-23(16-14-12-10-8-6-2)17-18-24(19-21(3)25)20-22(4)26/h21-22,25-26H,5-20H2,1-4H3. The molecule has 4 heteroatoms. The molecule has 158 valence electrons. The van der Waals surface area contributed by atoms with Gasteiger partial charge in [-0.1, -0.05) is 65.2 Å². The lowest BCUT2D eigenvalue weighted by Gasteiger charge is -2.29. The van der Waals surface area contributed by atoms with Crippen LogP contribution in [0, 0.1) is 0 Å². The average molecular weight is 373 g/mol. The third-order valence-electron chi connectivity index (χ3n) is 4.93. The van der Waals surface area contributed by atoms with Crippen LogP contribution in [0.1, 0.15) is 91.9 Å². The van der Waals surface area contributed by atoms with Crippen LogP contribution in [0.25, 0.3) is 0 Å². The molecule has 0 aliphatic rings. The summed E-state index contributed by atoms with van der Waals surface area (Å²) in [6.45, 7) is 13.8. The van der Waals surface area contributed by atoms with E-state index in [4.69, 9.17) is 0 Å². The number of nitrogens with zero attached hydrogens (tertiary/aromatic N) is 2. The largest absolute Gasteiger partial charge is 0.392 e. The number of aliphatic hydroxyl groups is 2. The zero-order valence-electron chi connectivity index (χ0n) is 18.3. The summed E-state index contributed by atoms with van der Waals surface area (Å²) in [4.78, 5) is 4.81. The fourth-order valence-electron chi connectivity index (χ4n) is 3.50.